The van der Waals surface area contributed by atoms with Gasteiger partial charge in [0, 0.05) is 12.4 Å². The molecule has 0 bridgehead atoms. The minimum Gasteiger partial charge on any atom is -0.468 e. The third kappa shape index (κ3) is 4.63. The van der Waals surface area contributed by atoms with Gasteiger partial charge in [0.1, 0.15) is 11.3 Å². The van der Waals surface area contributed by atoms with Crippen molar-refractivity contribution in [2.75, 3.05) is 14.2 Å². The van der Waals surface area contributed by atoms with Gasteiger partial charge in [0.25, 0.3) is 7.37 Å². The van der Waals surface area contributed by atoms with Crippen molar-refractivity contribution in [1.29, 1.82) is 0 Å². The third-order valence-corrected chi connectivity index (χ3v) is 9.00. The van der Waals surface area contributed by atoms with Crippen LogP contribution in [-0.2, 0) is 25.0 Å². The number of methoxy groups -OCH3 is 1. The van der Waals surface area contributed by atoms with Crippen LogP contribution in [-0.4, -0.2) is 31.5 Å². The molecule has 6 heteroatoms. The van der Waals surface area contributed by atoms with Crippen LogP contribution in [0.15, 0.2) is 60.7 Å². The van der Waals surface area contributed by atoms with E-state index >= 15 is 0 Å². The van der Waals surface area contributed by atoms with Crippen molar-refractivity contribution in [3.8, 4) is 0 Å². The SMILES string of the molecule is COC(=O)C(Cc1ccccc1)NC1(P(=O)(OC)c2ccccc2)CCCCC1. The van der Waals surface area contributed by atoms with Crippen LogP contribution in [0.5, 0.6) is 0 Å². The number of esters is 1. The highest BCUT2D eigenvalue weighted by atomic mass is 31.2. The van der Waals surface area contributed by atoms with Gasteiger partial charge in [0.15, 0.2) is 0 Å². The lowest BCUT2D eigenvalue weighted by Crippen LogP contribution is -2.56. The summed E-state index contributed by atoms with van der Waals surface area (Å²) in [5, 5.41) is 3.38. The summed E-state index contributed by atoms with van der Waals surface area (Å²) in [7, 11) is -0.385. The molecule has 0 heterocycles. The predicted molar refractivity (Wildman–Crippen MR) is 116 cm³/mol. The first-order valence-electron chi connectivity index (χ1n) is 10.2. The first-order valence-corrected chi connectivity index (χ1v) is 11.8. The molecule has 1 saturated carbocycles. The first-order chi connectivity index (χ1) is 14.0. The van der Waals surface area contributed by atoms with E-state index in [2.05, 4.69) is 5.32 Å². The van der Waals surface area contributed by atoms with E-state index in [1.807, 2.05) is 60.7 Å². The van der Waals surface area contributed by atoms with E-state index in [1.54, 1.807) is 0 Å². The van der Waals surface area contributed by atoms with Crippen molar-refractivity contribution in [3.63, 3.8) is 0 Å². The van der Waals surface area contributed by atoms with E-state index < -0.39 is 18.7 Å². The highest BCUT2D eigenvalue weighted by Gasteiger charge is 2.52. The molecule has 1 N–H and O–H groups in total. The molecule has 0 saturated heterocycles. The Balaban J connectivity index is 1.99. The van der Waals surface area contributed by atoms with Crippen molar-refractivity contribution in [1.82, 2.24) is 5.32 Å². The van der Waals surface area contributed by atoms with Gasteiger partial charge in [0.05, 0.1) is 7.11 Å². The van der Waals surface area contributed by atoms with Crippen LogP contribution in [0.2, 0.25) is 0 Å². The molecule has 3 rings (SSSR count). The molecular weight excluding hydrogens is 385 g/mol. The highest BCUT2D eigenvalue weighted by Crippen LogP contribution is 2.61. The van der Waals surface area contributed by atoms with E-state index in [0.29, 0.717) is 24.6 Å². The lowest BCUT2D eigenvalue weighted by molar-refractivity contribution is -0.143. The van der Waals surface area contributed by atoms with Crippen LogP contribution in [0, 0.1) is 0 Å². The molecule has 156 valence electrons. The third-order valence-electron chi connectivity index (χ3n) is 5.81. The number of benzene rings is 2. The molecule has 0 aromatic heterocycles. The molecule has 1 aliphatic carbocycles. The Labute approximate surface area is 173 Å². The number of ether oxygens (including phenoxy) is 1. The van der Waals surface area contributed by atoms with Gasteiger partial charge in [-0.2, -0.15) is 0 Å². The summed E-state index contributed by atoms with van der Waals surface area (Å²) >= 11 is 0. The monoisotopic (exact) mass is 415 g/mol. The van der Waals surface area contributed by atoms with E-state index in [9.17, 15) is 9.36 Å². The number of hydrogen-bond donors (Lipinski definition) is 1. The largest absolute Gasteiger partial charge is 0.468 e. The van der Waals surface area contributed by atoms with Gasteiger partial charge < -0.3 is 9.26 Å². The van der Waals surface area contributed by atoms with Crippen molar-refractivity contribution in [3.05, 3.63) is 66.2 Å². The predicted octanol–water partition coefficient (Wildman–Crippen LogP) is 4.27. The number of hydrogen-bond acceptors (Lipinski definition) is 5. The molecule has 2 aromatic carbocycles. The second-order valence-corrected chi connectivity index (χ2v) is 10.4. The Kier molecular flexibility index (Phi) is 7.28. The molecule has 2 atom stereocenters. The maximum absolute atomic E-state index is 14.3. The second-order valence-electron chi connectivity index (χ2n) is 7.57. The average molecular weight is 415 g/mol. The van der Waals surface area contributed by atoms with E-state index in [1.165, 1.54) is 14.2 Å². The van der Waals surface area contributed by atoms with Gasteiger partial charge in [-0.3, -0.25) is 14.7 Å². The standard InChI is InChI=1S/C23H30NO4P/c1-27-22(25)21(18-19-12-6-3-7-13-19)24-23(16-10-5-11-17-23)29(26,28-2)20-14-8-4-9-15-20/h3-4,6-9,12-15,21,24H,5,10-11,16-18H2,1-2H3. The first kappa shape index (κ1) is 21.8. The van der Waals surface area contributed by atoms with Gasteiger partial charge in [-0.25, -0.2) is 0 Å². The van der Waals surface area contributed by atoms with Crippen LogP contribution in [0.25, 0.3) is 0 Å². The van der Waals surface area contributed by atoms with Crippen LogP contribution >= 0.6 is 7.37 Å². The minimum absolute atomic E-state index is 0.352. The number of carbonyl (C=O) groups excluding carboxylic acids is 1. The molecule has 2 aromatic rings. The van der Waals surface area contributed by atoms with Crippen LogP contribution in [0.1, 0.15) is 37.7 Å². The topological polar surface area (TPSA) is 64.6 Å². The molecule has 1 fully saturated rings. The molecular formula is C23H30NO4P. The normalized spacial score (nSPS) is 19.1. The number of rotatable bonds is 8. The Hall–Kier alpha value is -1.94. The van der Waals surface area contributed by atoms with E-state index in [0.717, 1.165) is 24.8 Å². The summed E-state index contributed by atoms with van der Waals surface area (Å²) < 4.78 is 25.2. The minimum atomic E-state index is -3.29. The fraction of sp³-hybridized carbons (Fsp3) is 0.435. The Morgan fingerprint density at radius 1 is 1.00 bits per heavy atom. The molecule has 1 aliphatic rings. The maximum Gasteiger partial charge on any atom is 0.323 e. The zero-order chi connectivity index (χ0) is 20.7. The number of carbonyl (C=O) groups is 1. The smallest absolute Gasteiger partial charge is 0.323 e. The average Bonchev–Trinajstić information content (AvgIpc) is 2.79. The van der Waals surface area contributed by atoms with Crippen LogP contribution < -0.4 is 10.6 Å². The van der Waals surface area contributed by atoms with Crippen molar-refractivity contribution in [2.24, 2.45) is 0 Å². The molecule has 29 heavy (non-hydrogen) atoms. The Morgan fingerprint density at radius 3 is 2.14 bits per heavy atom. The van der Waals surface area contributed by atoms with Crippen molar-refractivity contribution in [2.45, 2.75) is 49.8 Å². The zero-order valence-electron chi connectivity index (χ0n) is 17.2. The molecule has 5 nitrogen and oxygen atoms in total. The van der Waals surface area contributed by atoms with E-state index in [-0.39, 0.29) is 5.97 Å². The van der Waals surface area contributed by atoms with E-state index in [4.69, 9.17) is 9.26 Å². The number of nitrogens with one attached hydrogen (secondary N) is 1. The van der Waals surface area contributed by atoms with Gasteiger partial charge in [0.2, 0.25) is 0 Å². The van der Waals surface area contributed by atoms with Gasteiger partial charge in [-0.05, 0) is 37.0 Å². The highest BCUT2D eigenvalue weighted by molar-refractivity contribution is 7.68. The Bertz CT molecular complexity index is 834. The molecule has 2 unspecified atom stereocenters. The summed E-state index contributed by atoms with van der Waals surface area (Å²) in [5.41, 5.74) is 1.02. The van der Waals surface area contributed by atoms with Gasteiger partial charge in [-0.1, -0.05) is 67.8 Å². The molecule has 0 radical (unpaired) electrons. The molecule has 0 aliphatic heterocycles. The lowest BCUT2D eigenvalue weighted by atomic mass is 9.93. The fourth-order valence-corrected chi connectivity index (χ4v) is 7.17. The summed E-state index contributed by atoms with van der Waals surface area (Å²) in [4.78, 5) is 12.7. The van der Waals surface area contributed by atoms with Gasteiger partial charge >= 0.3 is 5.97 Å². The summed E-state index contributed by atoms with van der Waals surface area (Å²) in [6.07, 6.45) is 4.81. The second kappa shape index (κ2) is 9.71. The Morgan fingerprint density at radius 2 is 1.59 bits per heavy atom. The summed E-state index contributed by atoms with van der Waals surface area (Å²) in [6, 6.07) is 18.6. The fourth-order valence-electron chi connectivity index (χ4n) is 4.32. The van der Waals surface area contributed by atoms with Crippen LogP contribution in [0.3, 0.4) is 0 Å². The quantitative estimate of drug-likeness (QED) is 0.515. The zero-order valence-corrected chi connectivity index (χ0v) is 18.1. The van der Waals surface area contributed by atoms with Crippen molar-refractivity contribution >= 4 is 18.6 Å². The van der Waals surface area contributed by atoms with Crippen LogP contribution in [0.4, 0.5) is 0 Å². The molecule has 0 amide bonds. The van der Waals surface area contributed by atoms with Crippen molar-refractivity contribution < 1.29 is 18.6 Å². The maximum atomic E-state index is 14.3. The molecule has 0 spiro atoms. The van der Waals surface area contributed by atoms with Gasteiger partial charge in [-0.15, -0.1) is 0 Å². The summed E-state index contributed by atoms with van der Waals surface area (Å²) in [6.45, 7) is 0. The lowest BCUT2D eigenvalue weighted by Gasteiger charge is -2.44. The summed E-state index contributed by atoms with van der Waals surface area (Å²) in [5.74, 6) is -0.352.